The van der Waals surface area contributed by atoms with Crippen molar-refractivity contribution in [2.45, 2.75) is 38.5 Å². The average molecular weight is 485 g/mol. The molecular weight excluding hydrogens is 452 g/mol. The highest BCUT2D eigenvalue weighted by atomic mass is 32.2. The molecule has 182 valence electrons. The van der Waals surface area contributed by atoms with Gasteiger partial charge in [0, 0.05) is 44.7 Å². The van der Waals surface area contributed by atoms with E-state index in [0.717, 1.165) is 28.9 Å². The lowest BCUT2D eigenvalue weighted by atomic mass is 9.89. The zero-order valence-electron chi connectivity index (χ0n) is 20.4. The van der Waals surface area contributed by atoms with Crippen LogP contribution in [-0.4, -0.2) is 69.1 Å². The minimum atomic E-state index is -3.67. The number of carbonyl (C=O) groups is 2. The lowest BCUT2D eigenvalue weighted by Crippen LogP contribution is -2.49. The molecule has 2 aliphatic rings. The van der Waals surface area contributed by atoms with Crippen molar-refractivity contribution in [1.29, 1.82) is 0 Å². The second-order valence-electron chi connectivity index (χ2n) is 9.54. The summed E-state index contributed by atoms with van der Waals surface area (Å²) in [7, 11) is -3.67. The number of aryl methyl sites for hydroxylation is 3. The Morgan fingerprint density at radius 1 is 1.06 bits per heavy atom. The van der Waals surface area contributed by atoms with Crippen molar-refractivity contribution in [3.63, 3.8) is 0 Å². The maximum atomic E-state index is 13.4. The summed E-state index contributed by atoms with van der Waals surface area (Å²) in [5, 5.41) is 2.82. The quantitative estimate of drug-likeness (QED) is 0.714. The molecule has 0 saturated carbocycles. The zero-order valence-corrected chi connectivity index (χ0v) is 21.2. The first kappa shape index (κ1) is 24.2. The van der Waals surface area contributed by atoms with E-state index in [2.05, 4.69) is 16.3 Å². The summed E-state index contributed by atoms with van der Waals surface area (Å²) in [4.78, 5) is 34.3. The molecule has 1 N–H and O–H groups in total. The van der Waals surface area contributed by atoms with Crippen molar-refractivity contribution in [1.82, 2.24) is 15.2 Å². The second kappa shape index (κ2) is 9.02. The fourth-order valence-corrected chi connectivity index (χ4v) is 5.79. The number of rotatable bonds is 4. The predicted octanol–water partition coefficient (Wildman–Crippen LogP) is 2.22. The third kappa shape index (κ3) is 4.53. The van der Waals surface area contributed by atoms with E-state index in [1.165, 1.54) is 6.07 Å². The molecule has 8 nitrogen and oxygen atoms in total. The summed E-state index contributed by atoms with van der Waals surface area (Å²) in [6, 6.07) is 6.91. The van der Waals surface area contributed by atoms with E-state index in [1.807, 2.05) is 27.7 Å². The molecular formula is C25H32N4O4S. The number of benzene rings is 1. The lowest BCUT2D eigenvalue weighted by Gasteiger charge is -2.36. The molecule has 34 heavy (non-hydrogen) atoms. The third-order valence-electron chi connectivity index (χ3n) is 6.94. The number of nitrogens with zero attached hydrogens (tertiary/aromatic N) is 3. The van der Waals surface area contributed by atoms with Gasteiger partial charge >= 0.3 is 0 Å². The number of sulfone groups is 1. The molecule has 1 aromatic carbocycles. The van der Waals surface area contributed by atoms with Crippen molar-refractivity contribution >= 4 is 27.5 Å². The van der Waals surface area contributed by atoms with Gasteiger partial charge in [-0.2, -0.15) is 0 Å². The molecule has 3 heterocycles. The number of pyridine rings is 1. The molecule has 0 bridgehead atoms. The second-order valence-corrected chi connectivity index (χ2v) is 11.5. The number of hydrogen-bond donors (Lipinski definition) is 1. The number of anilines is 1. The van der Waals surface area contributed by atoms with Crippen LogP contribution in [0.3, 0.4) is 0 Å². The monoisotopic (exact) mass is 484 g/mol. The smallest absolute Gasteiger partial charge is 0.255 e. The van der Waals surface area contributed by atoms with Gasteiger partial charge in [0.05, 0.1) is 16.4 Å². The molecule has 2 atom stereocenters. The third-order valence-corrected chi connectivity index (χ3v) is 8.08. The molecule has 2 saturated heterocycles. The van der Waals surface area contributed by atoms with Gasteiger partial charge in [-0.15, -0.1) is 0 Å². The van der Waals surface area contributed by atoms with Crippen LogP contribution >= 0.6 is 0 Å². The van der Waals surface area contributed by atoms with Gasteiger partial charge in [-0.1, -0.05) is 19.1 Å². The maximum Gasteiger partial charge on any atom is 0.255 e. The molecule has 4 rings (SSSR count). The van der Waals surface area contributed by atoms with Crippen LogP contribution < -0.4 is 10.2 Å². The zero-order chi connectivity index (χ0) is 24.8. The summed E-state index contributed by atoms with van der Waals surface area (Å²) < 4.78 is 25.2. The normalized spacial score (nSPS) is 21.0. The topological polar surface area (TPSA) is 99.7 Å². The summed E-state index contributed by atoms with van der Waals surface area (Å²) >= 11 is 0. The van der Waals surface area contributed by atoms with Crippen molar-refractivity contribution in [2.75, 3.05) is 43.9 Å². The highest BCUT2D eigenvalue weighted by Crippen LogP contribution is 2.32. The van der Waals surface area contributed by atoms with Gasteiger partial charge in [0.1, 0.15) is 5.82 Å². The Balaban J connectivity index is 1.56. The Labute approximate surface area is 201 Å². The van der Waals surface area contributed by atoms with E-state index in [9.17, 15) is 18.0 Å². The van der Waals surface area contributed by atoms with Crippen molar-refractivity contribution < 1.29 is 18.0 Å². The first-order valence-electron chi connectivity index (χ1n) is 11.6. The van der Waals surface area contributed by atoms with Gasteiger partial charge in [-0.3, -0.25) is 9.59 Å². The van der Waals surface area contributed by atoms with Crippen LogP contribution in [-0.2, 0) is 14.6 Å². The van der Waals surface area contributed by atoms with Gasteiger partial charge in [0.25, 0.3) is 5.91 Å². The molecule has 2 amide bonds. The highest BCUT2D eigenvalue weighted by molar-refractivity contribution is 7.90. The van der Waals surface area contributed by atoms with Gasteiger partial charge in [-0.05, 0) is 55.5 Å². The fraction of sp³-hybridized carbons (Fsp3) is 0.480. The van der Waals surface area contributed by atoms with Crippen LogP contribution in [0.1, 0.15) is 45.6 Å². The van der Waals surface area contributed by atoms with Gasteiger partial charge < -0.3 is 15.1 Å². The molecule has 2 aliphatic heterocycles. The molecule has 0 aliphatic carbocycles. The number of aromatic nitrogens is 1. The first-order chi connectivity index (χ1) is 16.0. The van der Waals surface area contributed by atoms with Gasteiger partial charge in [0.2, 0.25) is 5.91 Å². The lowest BCUT2D eigenvalue weighted by molar-refractivity contribution is -0.120. The van der Waals surface area contributed by atoms with E-state index in [-0.39, 0.29) is 28.2 Å². The summed E-state index contributed by atoms with van der Waals surface area (Å²) in [5.74, 6) is 0.150. The summed E-state index contributed by atoms with van der Waals surface area (Å²) in [6.45, 7) is 10.8. The number of nitrogens with one attached hydrogen (secondary N) is 1. The Hall–Kier alpha value is -2.94. The molecule has 2 aromatic rings. The van der Waals surface area contributed by atoms with E-state index >= 15 is 0 Å². The minimum absolute atomic E-state index is 0.0176. The first-order valence-corrected chi connectivity index (χ1v) is 13.5. The van der Waals surface area contributed by atoms with Crippen LogP contribution in [0.25, 0.3) is 0 Å². The van der Waals surface area contributed by atoms with E-state index in [0.29, 0.717) is 38.3 Å². The van der Waals surface area contributed by atoms with Crippen LogP contribution in [0.2, 0.25) is 0 Å². The average Bonchev–Trinajstić information content (AvgIpc) is 3.13. The maximum absolute atomic E-state index is 13.4. The Kier molecular flexibility index (Phi) is 6.42. The SMILES string of the molecule is Cc1cc(C)c(N2CCN(C(=O)c3ccc([C@@H]4C(=O)NCC4C)cc3S(C)(=O)=O)CC2)nc1C. The van der Waals surface area contributed by atoms with Crippen molar-refractivity contribution in [3.05, 3.63) is 52.2 Å². The highest BCUT2D eigenvalue weighted by Gasteiger charge is 2.35. The molecule has 1 unspecified atom stereocenters. The molecule has 0 radical (unpaired) electrons. The summed E-state index contributed by atoms with van der Waals surface area (Å²) in [5.41, 5.74) is 4.02. The van der Waals surface area contributed by atoms with E-state index in [1.54, 1.807) is 17.0 Å². The Morgan fingerprint density at radius 2 is 1.74 bits per heavy atom. The number of hydrogen-bond acceptors (Lipinski definition) is 6. The van der Waals surface area contributed by atoms with Crippen LogP contribution in [0, 0.1) is 26.7 Å². The standard InChI is InChI=1S/C25H32N4O4S/c1-15-12-16(2)23(27-18(15)4)28-8-10-29(11-9-28)25(31)20-7-6-19(13-21(20)34(5,32)33)22-17(3)14-26-24(22)30/h6-7,12-13,17,22H,8-11,14H2,1-5H3,(H,26,30)/t17?,22-/m1/s1. The van der Waals surface area contributed by atoms with Crippen LogP contribution in [0.15, 0.2) is 29.2 Å². The van der Waals surface area contributed by atoms with Gasteiger partial charge in [0.15, 0.2) is 9.84 Å². The molecule has 9 heteroatoms. The fourth-order valence-electron chi connectivity index (χ4n) is 4.88. The van der Waals surface area contributed by atoms with Crippen LogP contribution in [0.5, 0.6) is 0 Å². The van der Waals surface area contributed by atoms with Crippen molar-refractivity contribution in [3.8, 4) is 0 Å². The minimum Gasteiger partial charge on any atom is -0.355 e. The summed E-state index contributed by atoms with van der Waals surface area (Å²) in [6.07, 6.45) is 1.10. The molecule has 0 spiro atoms. The Morgan fingerprint density at radius 3 is 2.32 bits per heavy atom. The molecule has 1 aromatic heterocycles. The largest absolute Gasteiger partial charge is 0.355 e. The number of piperazine rings is 1. The van der Waals surface area contributed by atoms with E-state index < -0.39 is 15.8 Å². The van der Waals surface area contributed by atoms with Crippen molar-refractivity contribution in [2.24, 2.45) is 5.92 Å². The van der Waals surface area contributed by atoms with Gasteiger partial charge in [-0.25, -0.2) is 13.4 Å². The number of amides is 2. The van der Waals surface area contributed by atoms with Crippen LogP contribution in [0.4, 0.5) is 5.82 Å². The Bertz CT molecular complexity index is 1250. The van der Waals surface area contributed by atoms with E-state index in [4.69, 9.17) is 4.98 Å². The predicted molar refractivity (Wildman–Crippen MR) is 131 cm³/mol. The molecule has 2 fully saturated rings. The number of carbonyl (C=O) groups excluding carboxylic acids is 2.